The van der Waals surface area contributed by atoms with Gasteiger partial charge in [-0.25, -0.2) is 4.79 Å². The molecular formula is C17H22N2O4. The van der Waals surface area contributed by atoms with Crippen LogP contribution in [0, 0.1) is 5.41 Å². The standard InChI is InChI=1S/C17H22N2O4/c1-19(2)16(23)17(9-3-4-10-17)11-18-14(20)12-5-7-13(8-6-12)15(21)22/h5-8H,3-4,9-11H2,1-2H3,(H,18,20)(H,21,22). The molecule has 1 fully saturated rings. The maximum absolute atomic E-state index is 12.4. The SMILES string of the molecule is CN(C)C(=O)C1(CNC(=O)c2ccc(C(=O)O)cc2)CCCC1. The number of nitrogens with zero attached hydrogens (tertiary/aromatic N) is 1. The first-order valence-corrected chi connectivity index (χ1v) is 7.69. The Morgan fingerprint density at radius 3 is 2.09 bits per heavy atom. The summed E-state index contributed by atoms with van der Waals surface area (Å²) in [5.41, 5.74) is 0.0113. The number of carbonyl (C=O) groups is 3. The topological polar surface area (TPSA) is 86.7 Å². The van der Waals surface area contributed by atoms with E-state index in [1.165, 1.54) is 24.3 Å². The molecule has 2 N–H and O–H groups in total. The van der Waals surface area contributed by atoms with Gasteiger partial charge in [-0.15, -0.1) is 0 Å². The summed E-state index contributed by atoms with van der Waals surface area (Å²) >= 11 is 0. The van der Waals surface area contributed by atoms with Crippen LogP contribution in [-0.2, 0) is 4.79 Å². The largest absolute Gasteiger partial charge is 0.478 e. The molecule has 23 heavy (non-hydrogen) atoms. The predicted molar refractivity (Wildman–Crippen MR) is 85.3 cm³/mol. The van der Waals surface area contributed by atoms with E-state index in [0.29, 0.717) is 12.1 Å². The van der Waals surface area contributed by atoms with Gasteiger partial charge in [0.1, 0.15) is 0 Å². The lowest BCUT2D eigenvalue weighted by Gasteiger charge is -2.30. The number of carbonyl (C=O) groups excluding carboxylic acids is 2. The van der Waals surface area contributed by atoms with Gasteiger partial charge in [-0.2, -0.15) is 0 Å². The van der Waals surface area contributed by atoms with E-state index in [4.69, 9.17) is 5.11 Å². The molecule has 6 heteroatoms. The van der Waals surface area contributed by atoms with E-state index in [0.717, 1.165) is 25.7 Å². The van der Waals surface area contributed by atoms with Gasteiger partial charge in [0.25, 0.3) is 5.91 Å². The summed E-state index contributed by atoms with van der Waals surface area (Å²) in [6.45, 7) is 0.309. The second-order valence-electron chi connectivity index (χ2n) is 6.25. The summed E-state index contributed by atoms with van der Waals surface area (Å²) in [6, 6.07) is 5.75. The Balaban J connectivity index is 2.04. The maximum atomic E-state index is 12.4. The fourth-order valence-corrected chi connectivity index (χ4v) is 3.11. The van der Waals surface area contributed by atoms with Crippen LogP contribution in [0.15, 0.2) is 24.3 Å². The Labute approximate surface area is 135 Å². The first-order valence-electron chi connectivity index (χ1n) is 7.69. The molecule has 0 saturated heterocycles. The van der Waals surface area contributed by atoms with E-state index in [1.807, 2.05) is 0 Å². The van der Waals surface area contributed by atoms with Crippen molar-refractivity contribution in [3.05, 3.63) is 35.4 Å². The van der Waals surface area contributed by atoms with Crippen molar-refractivity contribution >= 4 is 17.8 Å². The average molecular weight is 318 g/mol. The number of aromatic carboxylic acids is 1. The number of rotatable bonds is 5. The Hall–Kier alpha value is -2.37. The first kappa shape index (κ1) is 17.0. The zero-order chi connectivity index (χ0) is 17.0. The molecule has 0 radical (unpaired) electrons. The zero-order valence-corrected chi connectivity index (χ0v) is 13.5. The average Bonchev–Trinajstić information content (AvgIpc) is 3.02. The second-order valence-corrected chi connectivity index (χ2v) is 6.25. The molecule has 1 aliphatic rings. The van der Waals surface area contributed by atoms with Crippen LogP contribution in [0.25, 0.3) is 0 Å². The molecule has 6 nitrogen and oxygen atoms in total. The highest BCUT2D eigenvalue weighted by Gasteiger charge is 2.42. The molecule has 124 valence electrons. The molecule has 1 aromatic rings. The van der Waals surface area contributed by atoms with Crippen molar-refractivity contribution in [2.45, 2.75) is 25.7 Å². The first-order chi connectivity index (χ1) is 10.9. The molecule has 0 aliphatic heterocycles. The number of hydrogen-bond acceptors (Lipinski definition) is 3. The second kappa shape index (κ2) is 6.81. The Morgan fingerprint density at radius 2 is 1.61 bits per heavy atom. The van der Waals surface area contributed by atoms with Gasteiger partial charge in [-0.1, -0.05) is 12.8 Å². The fraction of sp³-hybridized carbons (Fsp3) is 0.471. The number of hydrogen-bond donors (Lipinski definition) is 2. The van der Waals surface area contributed by atoms with Crippen LogP contribution < -0.4 is 5.32 Å². The van der Waals surface area contributed by atoms with E-state index in [2.05, 4.69) is 5.32 Å². The summed E-state index contributed by atoms with van der Waals surface area (Å²) in [4.78, 5) is 37.1. The third-order valence-electron chi connectivity index (χ3n) is 4.40. The van der Waals surface area contributed by atoms with E-state index in [9.17, 15) is 14.4 Å². The third kappa shape index (κ3) is 3.70. The summed E-state index contributed by atoms with van der Waals surface area (Å²) in [5.74, 6) is -1.27. The lowest BCUT2D eigenvalue weighted by Crippen LogP contribution is -2.46. The van der Waals surface area contributed by atoms with E-state index in [-0.39, 0.29) is 17.4 Å². The normalized spacial score (nSPS) is 15.9. The van der Waals surface area contributed by atoms with Gasteiger partial charge >= 0.3 is 5.97 Å². The number of nitrogens with one attached hydrogen (secondary N) is 1. The minimum absolute atomic E-state index is 0.0523. The quantitative estimate of drug-likeness (QED) is 0.866. The minimum atomic E-state index is -1.03. The van der Waals surface area contributed by atoms with Crippen LogP contribution in [-0.4, -0.2) is 48.4 Å². The van der Waals surface area contributed by atoms with Crippen molar-refractivity contribution in [3.8, 4) is 0 Å². The summed E-state index contributed by atoms with van der Waals surface area (Å²) in [5, 5.41) is 11.7. The maximum Gasteiger partial charge on any atom is 0.335 e. The van der Waals surface area contributed by atoms with Crippen molar-refractivity contribution in [1.82, 2.24) is 10.2 Å². The monoisotopic (exact) mass is 318 g/mol. The van der Waals surface area contributed by atoms with E-state index < -0.39 is 11.4 Å². The van der Waals surface area contributed by atoms with E-state index >= 15 is 0 Å². The molecule has 2 amide bonds. The summed E-state index contributed by atoms with van der Waals surface area (Å²) in [7, 11) is 3.46. The fourth-order valence-electron chi connectivity index (χ4n) is 3.11. The number of carboxylic acid groups (broad SMARTS) is 1. The van der Waals surface area contributed by atoms with Gasteiger partial charge in [0.15, 0.2) is 0 Å². The molecular weight excluding hydrogens is 296 g/mol. The minimum Gasteiger partial charge on any atom is -0.478 e. The molecule has 0 atom stereocenters. The molecule has 1 aliphatic carbocycles. The van der Waals surface area contributed by atoms with Gasteiger partial charge in [-0.05, 0) is 37.1 Å². The molecule has 0 heterocycles. The highest BCUT2D eigenvalue weighted by atomic mass is 16.4. The number of carboxylic acids is 1. The van der Waals surface area contributed by atoms with Gasteiger partial charge < -0.3 is 15.3 Å². The predicted octanol–water partition coefficient (Wildman–Crippen LogP) is 1.76. The Morgan fingerprint density at radius 1 is 1.09 bits per heavy atom. The molecule has 0 aromatic heterocycles. The molecule has 2 rings (SSSR count). The van der Waals surface area contributed by atoms with Gasteiger partial charge in [0.05, 0.1) is 11.0 Å². The summed E-state index contributed by atoms with van der Waals surface area (Å²) in [6.07, 6.45) is 3.54. The van der Waals surface area contributed by atoms with Crippen LogP contribution in [0.4, 0.5) is 0 Å². The molecule has 1 aromatic carbocycles. The molecule has 0 unspecified atom stereocenters. The van der Waals surface area contributed by atoms with Crippen molar-refractivity contribution < 1.29 is 19.5 Å². The molecule has 0 spiro atoms. The van der Waals surface area contributed by atoms with Gasteiger partial charge in [0, 0.05) is 26.2 Å². The van der Waals surface area contributed by atoms with Crippen molar-refractivity contribution in [2.24, 2.45) is 5.41 Å². The van der Waals surface area contributed by atoms with Crippen LogP contribution in [0.1, 0.15) is 46.4 Å². The number of amides is 2. The van der Waals surface area contributed by atoms with Crippen molar-refractivity contribution in [1.29, 1.82) is 0 Å². The Kier molecular flexibility index (Phi) is 5.03. The van der Waals surface area contributed by atoms with Crippen LogP contribution >= 0.6 is 0 Å². The highest BCUT2D eigenvalue weighted by molar-refractivity contribution is 5.96. The van der Waals surface area contributed by atoms with Crippen LogP contribution in [0.2, 0.25) is 0 Å². The lowest BCUT2D eigenvalue weighted by atomic mass is 9.84. The zero-order valence-electron chi connectivity index (χ0n) is 13.5. The highest BCUT2D eigenvalue weighted by Crippen LogP contribution is 2.38. The van der Waals surface area contributed by atoms with Gasteiger partial charge in [-0.3, -0.25) is 9.59 Å². The Bertz CT molecular complexity index is 602. The smallest absolute Gasteiger partial charge is 0.335 e. The summed E-state index contributed by atoms with van der Waals surface area (Å²) < 4.78 is 0. The number of benzene rings is 1. The van der Waals surface area contributed by atoms with Crippen LogP contribution in [0.5, 0.6) is 0 Å². The van der Waals surface area contributed by atoms with Crippen molar-refractivity contribution in [2.75, 3.05) is 20.6 Å². The third-order valence-corrected chi connectivity index (χ3v) is 4.40. The molecule has 0 bridgehead atoms. The molecule has 1 saturated carbocycles. The van der Waals surface area contributed by atoms with Crippen molar-refractivity contribution in [3.63, 3.8) is 0 Å². The van der Waals surface area contributed by atoms with Crippen LogP contribution in [0.3, 0.4) is 0 Å². The van der Waals surface area contributed by atoms with Gasteiger partial charge in [0.2, 0.25) is 5.91 Å². The lowest BCUT2D eigenvalue weighted by molar-refractivity contribution is -0.138. The van der Waals surface area contributed by atoms with E-state index in [1.54, 1.807) is 19.0 Å².